The van der Waals surface area contributed by atoms with Crippen LogP contribution in [0.15, 0.2) is 54.6 Å². The maximum absolute atomic E-state index is 12.7. The quantitative estimate of drug-likeness (QED) is 0.508. The third-order valence-electron chi connectivity index (χ3n) is 3.88. The van der Waals surface area contributed by atoms with Crippen molar-refractivity contribution >= 4 is 11.8 Å². The van der Waals surface area contributed by atoms with Gasteiger partial charge in [0.2, 0.25) is 0 Å². The summed E-state index contributed by atoms with van der Waals surface area (Å²) in [6, 6.07) is 16.7. The molecule has 0 N–H and O–H groups in total. The van der Waals surface area contributed by atoms with Gasteiger partial charge in [0.15, 0.2) is 5.78 Å². The highest BCUT2D eigenvalue weighted by molar-refractivity contribution is 6.09. The molecule has 4 heteroatoms. The summed E-state index contributed by atoms with van der Waals surface area (Å²) in [4.78, 5) is 24.1. The molecule has 0 aliphatic rings. The van der Waals surface area contributed by atoms with E-state index in [-0.39, 0.29) is 17.9 Å². The number of hydrogen-bond acceptors (Lipinski definition) is 4. The molecular weight excluding hydrogens is 316 g/mol. The van der Waals surface area contributed by atoms with Crippen LogP contribution in [0.1, 0.15) is 48.2 Å². The van der Waals surface area contributed by atoms with Crippen molar-refractivity contribution in [2.24, 2.45) is 0 Å². The summed E-state index contributed by atoms with van der Waals surface area (Å²) < 4.78 is 10.7. The van der Waals surface area contributed by atoms with Crippen LogP contribution < -0.4 is 0 Å². The van der Waals surface area contributed by atoms with Crippen molar-refractivity contribution in [3.05, 3.63) is 71.3 Å². The Morgan fingerprint density at radius 3 is 2.40 bits per heavy atom. The Morgan fingerprint density at radius 2 is 1.68 bits per heavy atom. The van der Waals surface area contributed by atoms with Gasteiger partial charge in [-0.25, -0.2) is 0 Å². The topological polar surface area (TPSA) is 52.6 Å². The second kappa shape index (κ2) is 9.74. The number of esters is 1. The fourth-order valence-corrected chi connectivity index (χ4v) is 2.48. The zero-order valence-electron chi connectivity index (χ0n) is 14.7. The number of ether oxygens (including phenoxy) is 2. The summed E-state index contributed by atoms with van der Waals surface area (Å²) in [5, 5.41) is 0. The third-order valence-corrected chi connectivity index (χ3v) is 3.88. The van der Waals surface area contributed by atoms with E-state index >= 15 is 0 Å². The summed E-state index contributed by atoms with van der Waals surface area (Å²) in [5.41, 5.74) is 2.15. The summed E-state index contributed by atoms with van der Waals surface area (Å²) in [7, 11) is 0. The molecule has 1 atom stereocenters. The van der Waals surface area contributed by atoms with Crippen LogP contribution in [0.3, 0.4) is 0 Å². The second-order valence-electron chi connectivity index (χ2n) is 5.82. The Bertz CT molecular complexity index is 694. The predicted octanol–water partition coefficient (Wildman–Crippen LogP) is 4.17. The van der Waals surface area contributed by atoms with Crippen LogP contribution in [-0.2, 0) is 20.9 Å². The molecule has 0 bridgehead atoms. The largest absolute Gasteiger partial charge is 0.466 e. The maximum atomic E-state index is 12.7. The molecule has 25 heavy (non-hydrogen) atoms. The first-order valence-electron chi connectivity index (χ1n) is 8.56. The highest BCUT2D eigenvalue weighted by atomic mass is 16.5. The van der Waals surface area contributed by atoms with Crippen LogP contribution in [0.5, 0.6) is 0 Å². The van der Waals surface area contributed by atoms with Crippen LogP contribution in [0.2, 0.25) is 0 Å². The summed E-state index contributed by atoms with van der Waals surface area (Å²) >= 11 is 0. The minimum absolute atomic E-state index is 0.0148. The van der Waals surface area contributed by atoms with E-state index in [1.54, 1.807) is 6.92 Å². The molecule has 0 fully saturated rings. The van der Waals surface area contributed by atoms with E-state index in [0.29, 0.717) is 37.2 Å². The van der Waals surface area contributed by atoms with Gasteiger partial charge in [-0.3, -0.25) is 9.59 Å². The van der Waals surface area contributed by atoms with Gasteiger partial charge in [0.1, 0.15) is 0 Å². The first-order valence-corrected chi connectivity index (χ1v) is 8.56. The average molecular weight is 340 g/mol. The molecule has 0 saturated heterocycles. The molecular formula is C21H24O4. The van der Waals surface area contributed by atoms with Crippen molar-refractivity contribution in [1.29, 1.82) is 0 Å². The predicted molar refractivity (Wildman–Crippen MR) is 96.4 cm³/mol. The molecule has 0 aliphatic carbocycles. The van der Waals surface area contributed by atoms with Gasteiger partial charge < -0.3 is 9.47 Å². The van der Waals surface area contributed by atoms with Crippen molar-refractivity contribution in [3.8, 4) is 0 Å². The van der Waals surface area contributed by atoms with Gasteiger partial charge in [-0.1, -0.05) is 54.6 Å². The van der Waals surface area contributed by atoms with Gasteiger partial charge in [-0.15, -0.1) is 0 Å². The molecule has 0 radical (unpaired) electrons. The molecule has 2 rings (SSSR count). The van der Waals surface area contributed by atoms with E-state index in [2.05, 4.69) is 0 Å². The Balaban J connectivity index is 1.97. The van der Waals surface area contributed by atoms with Crippen LogP contribution in [-0.4, -0.2) is 24.5 Å². The molecule has 0 saturated carbocycles. The molecule has 0 heterocycles. The number of benzene rings is 2. The van der Waals surface area contributed by atoms with Crippen molar-refractivity contribution in [3.63, 3.8) is 0 Å². The number of rotatable bonds is 9. The Labute approximate surface area is 148 Å². The molecule has 2 aromatic rings. The lowest BCUT2D eigenvalue weighted by Gasteiger charge is -2.14. The SMILES string of the molecule is CCOC(=O)CC[C@H](C)OCc1ccccc1C(=O)c1ccccc1. The van der Waals surface area contributed by atoms with E-state index < -0.39 is 0 Å². The summed E-state index contributed by atoms with van der Waals surface area (Å²) in [6.45, 7) is 4.43. The number of carbonyl (C=O) groups excluding carboxylic acids is 2. The molecule has 0 amide bonds. The van der Waals surface area contributed by atoms with Crippen molar-refractivity contribution in [1.82, 2.24) is 0 Å². The third kappa shape index (κ3) is 5.84. The average Bonchev–Trinajstić information content (AvgIpc) is 2.65. The van der Waals surface area contributed by atoms with Crippen molar-refractivity contribution in [2.45, 2.75) is 39.4 Å². The highest BCUT2D eigenvalue weighted by Crippen LogP contribution is 2.17. The van der Waals surface area contributed by atoms with E-state index in [9.17, 15) is 9.59 Å². The van der Waals surface area contributed by atoms with Crippen LogP contribution in [0, 0.1) is 0 Å². The molecule has 0 spiro atoms. The monoisotopic (exact) mass is 340 g/mol. The zero-order valence-corrected chi connectivity index (χ0v) is 14.7. The van der Waals surface area contributed by atoms with Gasteiger partial charge in [-0.05, 0) is 25.8 Å². The lowest BCUT2D eigenvalue weighted by Crippen LogP contribution is -2.14. The van der Waals surface area contributed by atoms with E-state index in [0.717, 1.165) is 5.56 Å². The number of carbonyl (C=O) groups is 2. The highest BCUT2D eigenvalue weighted by Gasteiger charge is 2.14. The van der Waals surface area contributed by atoms with Gasteiger partial charge in [-0.2, -0.15) is 0 Å². The normalized spacial score (nSPS) is 11.8. The molecule has 0 unspecified atom stereocenters. The van der Waals surface area contributed by atoms with E-state index in [1.807, 2.05) is 61.5 Å². The van der Waals surface area contributed by atoms with E-state index in [1.165, 1.54) is 0 Å². The molecule has 0 aliphatic heterocycles. The minimum atomic E-state index is -0.211. The minimum Gasteiger partial charge on any atom is -0.466 e. The van der Waals surface area contributed by atoms with Gasteiger partial charge in [0, 0.05) is 17.5 Å². The Hall–Kier alpha value is -2.46. The first kappa shape index (κ1) is 18.9. The number of hydrogen-bond donors (Lipinski definition) is 0. The lowest BCUT2D eigenvalue weighted by atomic mass is 9.99. The standard InChI is InChI=1S/C21H24O4/c1-3-24-20(22)14-13-16(2)25-15-18-11-7-8-12-19(18)21(23)17-9-5-4-6-10-17/h4-12,16H,3,13-15H2,1-2H3/t16-/m0/s1. The van der Waals surface area contributed by atoms with E-state index in [4.69, 9.17) is 9.47 Å². The van der Waals surface area contributed by atoms with Crippen LogP contribution in [0.25, 0.3) is 0 Å². The maximum Gasteiger partial charge on any atom is 0.305 e. The molecule has 132 valence electrons. The smallest absolute Gasteiger partial charge is 0.305 e. The van der Waals surface area contributed by atoms with Gasteiger partial charge >= 0.3 is 5.97 Å². The summed E-state index contributed by atoms with van der Waals surface area (Å²) in [6.07, 6.45) is 0.831. The first-order chi connectivity index (χ1) is 12.1. The van der Waals surface area contributed by atoms with Crippen molar-refractivity contribution < 1.29 is 19.1 Å². The molecule has 2 aromatic carbocycles. The van der Waals surface area contributed by atoms with Crippen LogP contribution in [0.4, 0.5) is 0 Å². The fourth-order valence-electron chi connectivity index (χ4n) is 2.48. The van der Waals surface area contributed by atoms with Crippen LogP contribution >= 0.6 is 0 Å². The Morgan fingerprint density at radius 1 is 1.00 bits per heavy atom. The van der Waals surface area contributed by atoms with Crippen molar-refractivity contribution in [2.75, 3.05) is 6.61 Å². The zero-order chi connectivity index (χ0) is 18.1. The summed E-state index contributed by atoms with van der Waals surface area (Å²) in [5.74, 6) is -0.225. The van der Waals surface area contributed by atoms with Gasteiger partial charge in [0.05, 0.1) is 19.3 Å². The van der Waals surface area contributed by atoms with Gasteiger partial charge in [0.25, 0.3) is 0 Å². The lowest BCUT2D eigenvalue weighted by molar-refractivity contribution is -0.143. The fraction of sp³-hybridized carbons (Fsp3) is 0.333. The number of ketones is 1. The molecule has 4 nitrogen and oxygen atoms in total. The Kier molecular flexibility index (Phi) is 7.36. The molecule has 0 aromatic heterocycles. The second-order valence-corrected chi connectivity index (χ2v) is 5.82.